The van der Waals surface area contributed by atoms with E-state index in [2.05, 4.69) is 5.32 Å². The molecule has 7 nitrogen and oxygen atoms in total. The van der Waals surface area contributed by atoms with Crippen LogP contribution in [-0.2, 0) is 32.6 Å². The van der Waals surface area contributed by atoms with Crippen molar-refractivity contribution >= 4 is 27.5 Å². The Morgan fingerprint density at radius 2 is 1.32 bits per heavy atom. The van der Waals surface area contributed by atoms with E-state index in [1.54, 1.807) is 30.3 Å². The highest BCUT2D eigenvalue weighted by Gasteiger charge is 2.35. The third-order valence-corrected chi connectivity index (χ3v) is 9.38. The summed E-state index contributed by atoms with van der Waals surface area (Å²) in [6, 6.07) is 31.7. The highest BCUT2D eigenvalue weighted by atomic mass is 32.2. The van der Waals surface area contributed by atoms with Crippen LogP contribution in [0.5, 0.6) is 0 Å². The van der Waals surface area contributed by atoms with Crippen molar-refractivity contribution in [3.63, 3.8) is 0 Å². The van der Waals surface area contributed by atoms with Crippen LogP contribution in [0.4, 0.5) is 5.69 Å². The lowest BCUT2D eigenvalue weighted by Crippen LogP contribution is -2.53. The van der Waals surface area contributed by atoms with E-state index in [9.17, 15) is 18.0 Å². The Balaban J connectivity index is 1.81. The monoisotopic (exact) mass is 611 g/mol. The van der Waals surface area contributed by atoms with Gasteiger partial charge < -0.3 is 10.2 Å². The van der Waals surface area contributed by atoms with Gasteiger partial charge in [-0.1, -0.05) is 105 Å². The summed E-state index contributed by atoms with van der Waals surface area (Å²) in [6.07, 6.45) is 0.276. The summed E-state index contributed by atoms with van der Waals surface area (Å²) >= 11 is 0. The fourth-order valence-electron chi connectivity index (χ4n) is 5.00. The summed E-state index contributed by atoms with van der Waals surface area (Å²) in [5.74, 6) is -0.545. The molecule has 1 unspecified atom stereocenters. The Morgan fingerprint density at radius 1 is 0.750 bits per heavy atom. The summed E-state index contributed by atoms with van der Waals surface area (Å²) in [6.45, 7) is 7.89. The van der Waals surface area contributed by atoms with Crippen molar-refractivity contribution in [3.8, 4) is 0 Å². The van der Waals surface area contributed by atoms with Crippen molar-refractivity contribution in [2.75, 3.05) is 17.4 Å². The van der Waals surface area contributed by atoms with Crippen molar-refractivity contribution < 1.29 is 18.0 Å². The topological polar surface area (TPSA) is 86.8 Å². The molecule has 1 atom stereocenters. The first-order valence-corrected chi connectivity index (χ1v) is 16.3. The van der Waals surface area contributed by atoms with Gasteiger partial charge in [0.15, 0.2) is 0 Å². The van der Waals surface area contributed by atoms with Gasteiger partial charge in [-0.25, -0.2) is 8.42 Å². The predicted octanol–water partition coefficient (Wildman–Crippen LogP) is 5.91. The molecule has 0 aliphatic heterocycles. The number of sulfonamides is 1. The number of hydrogen-bond donors (Lipinski definition) is 1. The summed E-state index contributed by atoms with van der Waals surface area (Å²) in [4.78, 5) is 30.0. The SMILES string of the molecule is Cc1cccc(N(CC(=O)N(Cc2ccccc2)C(Cc2ccccc2)C(=O)NCC(C)C)S(=O)(=O)c2ccccc2)c1C. The van der Waals surface area contributed by atoms with Gasteiger partial charge in [-0.15, -0.1) is 0 Å². The molecule has 2 amide bonds. The van der Waals surface area contributed by atoms with Gasteiger partial charge in [-0.3, -0.25) is 13.9 Å². The van der Waals surface area contributed by atoms with Crippen LogP contribution < -0.4 is 9.62 Å². The van der Waals surface area contributed by atoms with Gasteiger partial charge in [-0.2, -0.15) is 0 Å². The van der Waals surface area contributed by atoms with Crippen LogP contribution in [-0.4, -0.2) is 44.3 Å². The Morgan fingerprint density at radius 3 is 1.91 bits per heavy atom. The van der Waals surface area contributed by atoms with Gasteiger partial charge in [0, 0.05) is 19.5 Å². The second kappa shape index (κ2) is 14.8. The maximum atomic E-state index is 14.5. The van der Waals surface area contributed by atoms with Gasteiger partial charge in [0.05, 0.1) is 10.6 Å². The van der Waals surface area contributed by atoms with Gasteiger partial charge in [-0.05, 0) is 60.2 Å². The molecule has 1 N–H and O–H groups in total. The molecule has 0 radical (unpaired) electrons. The van der Waals surface area contributed by atoms with Crippen LogP contribution in [0, 0.1) is 19.8 Å². The standard InChI is InChI=1S/C36H41N3O4S/c1-27(2)24-37-36(41)34(23-30-16-8-5-9-17-30)38(25-31-18-10-6-11-19-31)35(40)26-39(33-22-14-15-28(3)29(33)4)44(42,43)32-20-12-7-13-21-32/h5-22,27,34H,23-26H2,1-4H3,(H,37,41). The zero-order valence-electron chi connectivity index (χ0n) is 25.8. The number of aryl methyl sites for hydroxylation is 1. The van der Waals surface area contributed by atoms with E-state index >= 15 is 0 Å². The molecule has 8 heteroatoms. The van der Waals surface area contributed by atoms with Crippen LogP contribution in [0.3, 0.4) is 0 Å². The highest BCUT2D eigenvalue weighted by Crippen LogP contribution is 2.29. The fourth-order valence-corrected chi connectivity index (χ4v) is 6.49. The average Bonchev–Trinajstić information content (AvgIpc) is 3.03. The van der Waals surface area contributed by atoms with Crippen molar-refractivity contribution in [1.29, 1.82) is 0 Å². The van der Waals surface area contributed by atoms with E-state index in [1.165, 1.54) is 21.3 Å². The zero-order valence-corrected chi connectivity index (χ0v) is 26.6. The minimum absolute atomic E-state index is 0.0822. The minimum Gasteiger partial charge on any atom is -0.354 e. The van der Waals surface area contributed by atoms with E-state index in [-0.39, 0.29) is 29.7 Å². The van der Waals surface area contributed by atoms with Crippen LogP contribution >= 0.6 is 0 Å². The van der Waals surface area contributed by atoms with E-state index in [4.69, 9.17) is 0 Å². The van der Waals surface area contributed by atoms with Crippen LogP contribution in [0.15, 0.2) is 114 Å². The summed E-state index contributed by atoms with van der Waals surface area (Å²) in [5.41, 5.74) is 3.81. The number of amides is 2. The fraction of sp³-hybridized carbons (Fsp3) is 0.278. The number of carbonyl (C=O) groups excluding carboxylic acids is 2. The van der Waals surface area contributed by atoms with Crippen LogP contribution in [0.2, 0.25) is 0 Å². The molecular weight excluding hydrogens is 570 g/mol. The number of nitrogens with zero attached hydrogens (tertiary/aromatic N) is 2. The Kier molecular flexibility index (Phi) is 11.0. The molecule has 44 heavy (non-hydrogen) atoms. The number of anilines is 1. The largest absolute Gasteiger partial charge is 0.354 e. The van der Waals surface area contributed by atoms with E-state index in [1.807, 2.05) is 94.4 Å². The molecule has 4 aromatic rings. The smallest absolute Gasteiger partial charge is 0.264 e. The van der Waals surface area contributed by atoms with Crippen molar-refractivity contribution in [2.24, 2.45) is 5.92 Å². The van der Waals surface area contributed by atoms with Crippen molar-refractivity contribution in [1.82, 2.24) is 10.2 Å². The van der Waals surface area contributed by atoms with E-state index in [0.717, 1.165) is 22.3 Å². The molecule has 0 aliphatic carbocycles. The molecule has 0 bridgehead atoms. The predicted molar refractivity (Wildman–Crippen MR) is 176 cm³/mol. The van der Waals surface area contributed by atoms with Crippen LogP contribution in [0.1, 0.15) is 36.1 Å². The molecule has 0 aromatic heterocycles. The molecule has 0 heterocycles. The number of carbonyl (C=O) groups is 2. The normalized spacial score (nSPS) is 12.0. The molecule has 0 saturated carbocycles. The lowest BCUT2D eigenvalue weighted by atomic mass is 10.0. The molecule has 0 spiro atoms. The van der Waals surface area contributed by atoms with Gasteiger partial charge in [0.25, 0.3) is 10.0 Å². The van der Waals surface area contributed by atoms with Crippen molar-refractivity contribution in [3.05, 3.63) is 131 Å². The highest BCUT2D eigenvalue weighted by molar-refractivity contribution is 7.92. The Labute approximate surface area is 261 Å². The van der Waals surface area contributed by atoms with Gasteiger partial charge >= 0.3 is 0 Å². The molecule has 4 aromatic carbocycles. The summed E-state index contributed by atoms with van der Waals surface area (Å²) < 4.78 is 29.5. The summed E-state index contributed by atoms with van der Waals surface area (Å²) in [5, 5.41) is 3.02. The molecule has 4 rings (SSSR count). The maximum Gasteiger partial charge on any atom is 0.264 e. The molecule has 0 saturated heterocycles. The van der Waals surface area contributed by atoms with Gasteiger partial charge in [0.2, 0.25) is 11.8 Å². The summed E-state index contributed by atoms with van der Waals surface area (Å²) in [7, 11) is -4.14. The second-order valence-corrected chi connectivity index (χ2v) is 13.3. The quantitative estimate of drug-likeness (QED) is 0.204. The van der Waals surface area contributed by atoms with Crippen molar-refractivity contribution in [2.45, 2.75) is 51.6 Å². The average molecular weight is 612 g/mol. The van der Waals surface area contributed by atoms with E-state index < -0.39 is 28.5 Å². The third kappa shape index (κ3) is 8.14. The first-order valence-electron chi connectivity index (χ1n) is 14.9. The first kappa shape index (κ1) is 32.5. The zero-order chi connectivity index (χ0) is 31.7. The number of rotatable bonds is 13. The molecule has 0 fully saturated rings. The molecule has 0 aliphatic rings. The van der Waals surface area contributed by atoms with Gasteiger partial charge in [0.1, 0.15) is 12.6 Å². The minimum atomic E-state index is -4.14. The Hall–Kier alpha value is -4.43. The first-order chi connectivity index (χ1) is 21.1. The van der Waals surface area contributed by atoms with E-state index in [0.29, 0.717) is 12.2 Å². The Bertz CT molecular complexity index is 1640. The lowest BCUT2D eigenvalue weighted by molar-refractivity contribution is -0.140. The number of hydrogen-bond acceptors (Lipinski definition) is 4. The molecular formula is C36H41N3O4S. The second-order valence-electron chi connectivity index (χ2n) is 11.4. The maximum absolute atomic E-state index is 14.5. The third-order valence-electron chi connectivity index (χ3n) is 7.61. The van der Waals surface area contributed by atoms with Crippen LogP contribution in [0.25, 0.3) is 0 Å². The number of benzene rings is 4. The molecule has 230 valence electrons. The lowest BCUT2D eigenvalue weighted by Gasteiger charge is -2.34. The number of nitrogens with one attached hydrogen (secondary N) is 1.